The van der Waals surface area contributed by atoms with Gasteiger partial charge in [0.15, 0.2) is 0 Å². The van der Waals surface area contributed by atoms with Gasteiger partial charge in [-0.05, 0) is 53.4 Å². The first-order valence-corrected chi connectivity index (χ1v) is 9.03. The molecule has 1 aromatic heterocycles. The van der Waals surface area contributed by atoms with Crippen molar-refractivity contribution in [2.45, 2.75) is 78.0 Å². The van der Waals surface area contributed by atoms with Gasteiger partial charge in [-0.2, -0.15) is 5.10 Å². The van der Waals surface area contributed by atoms with Gasteiger partial charge in [0.05, 0.1) is 12.2 Å². The Kier molecular flexibility index (Phi) is 6.08. The summed E-state index contributed by atoms with van der Waals surface area (Å²) in [6.45, 7) is 9.65. The van der Waals surface area contributed by atoms with Crippen LogP contribution < -0.4 is 10.6 Å². The molecule has 0 saturated heterocycles. The second kappa shape index (κ2) is 7.89. The molecule has 1 aromatic rings. The lowest BCUT2D eigenvalue weighted by molar-refractivity contribution is -0.119. The molecule has 2 N–H and O–H groups in total. The summed E-state index contributed by atoms with van der Waals surface area (Å²) in [5.74, 6) is 0.599. The maximum atomic E-state index is 12.5. The second-order valence-electron chi connectivity index (χ2n) is 7.76. The van der Waals surface area contributed by atoms with Crippen LogP contribution in [0.15, 0.2) is 12.3 Å². The topological polar surface area (TPSA) is 85.3 Å². The predicted molar refractivity (Wildman–Crippen MR) is 96.4 cm³/mol. The Hall–Kier alpha value is -2.05. The van der Waals surface area contributed by atoms with E-state index in [0.29, 0.717) is 6.42 Å². The summed E-state index contributed by atoms with van der Waals surface area (Å²) in [6.07, 6.45) is 4.38. The fourth-order valence-electron chi connectivity index (χ4n) is 2.99. The highest BCUT2D eigenvalue weighted by molar-refractivity contribution is 5.92. The number of amides is 2. The zero-order valence-electron chi connectivity index (χ0n) is 15.8. The van der Waals surface area contributed by atoms with Gasteiger partial charge < -0.3 is 15.4 Å². The number of hydrogen-bond donors (Lipinski definition) is 2. The SMILES string of the molecule is CC[C@H](C)n1nccc1NC(=O)[C@@H]1CC[C@H](NC(=O)OC(C)(C)C)C1. The number of carbonyl (C=O) groups is 2. The number of carbonyl (C=O) groups excluding carboxylic acids is 2. The van der Waals surface area contributed by atoms with Crippen LogP contribution in [0, 0.1) is 5.92 Å². The van der Waals surface area contributed by atoms with Crippen LogP contribution in [0.4, 0.5) is 10.6 Å². The molecule has 1 heterocycles. The highest BCUT2D eigenvalue weighted by Gasteiger charge is 2.32. The van der Waals surface area contributed by atoms with E-state index in [0.717, 1.165) is 25.1 Å². The van der Waals surface area contributed by atoms with Gasteiger partial charge >= 0.3 is 6.09 Å². The van der Waals surface area contributed by atoms with Crippen LogP contribution in [0.5, 0.6) is 0 Å². The number of alkyl carbamates (subject to hydrolysis) is 1. The number of rotatable bonds is 5. The Labute approximate surface area is 149 Å². The molecule has 7 nitrogen and oxygen atoms in total. The largest absolute Gasteiger partial charge is 0.444 e. The van der Waals surface area contributed by atoms with Gasteiger partial charge in [-0.1, -0.05) is 6.92 Å². The normalized spacial score (nSPS) is 21.6. The molecule has 0 spiro atoms. The van der Waals surface area contributed by atoms with Crippen molar-refractivity contribution < 1.29 is 14.3 Å². The molecule has 140 valence electrons. The van der Waals surface area contributed by atoms with Crippen molar-refractivity contribution >= 4 is 17.8 Å². The van der Waals surface area contributed by atoms with E-state index in [9.17, 15) is 9.59 Å². The molecule has 2 amide bonds. The van der Waals surface area contributed by atoms with Crippen molar-refractivity contribution in [3.05, 3.63) is 12.3 Å². The first kappa shape index (κ1) is 19.3. The third kappa shape index (κ3) is 5.47. The lowest BCUT2D eigenvalue weighted by Gasteiger charge is -2.21. The Morgan fingerprint density at radius 1 is 1.40 bits per heavy atom. The number of nitrogens with one attached hydrogen (secondary N) is 2. The first-order valence-electron chi connectivity index (χ1n) is 9.03. The first-order chi connectivity index (χ1) is 11.7. The van der Waals surface area contributed by atoms with Gasteiger partial charge in [-0.25, -0.2) is 9.48 Å². The minimum atomic E-state index is -0.520. The monoisotopic (exact) mass is 350 g/mol. The lowest BCUT2D eigenvalue weighted by atomic mass is 10.1. The fraction of sp³-hybridized carbons (Fsp3) is 0.722. The molecule has 1 aliphatic carbocycles. The standard InChI is InChI=1S/C18H30N4O3/c1-6-12(2)22-15(9-10-19-22)21-16(23)13-7-8-14(11-13)20-17(24)25-18(3,4)5/h9-10,12-14H,6-8,11H2,1-5H3,(H,20,24)(H,21,23)/t12-,13+,14-/m0/s1. The van der Waals surface area contributed by atoms with E-state index in [-0.39, 0.29) is 23.9 Å². The average molecular weight is 350 g/mol. The zero-order chi connectivity index (χ0) is 18.6. The molecular formula is C18H30N4O3. The molecule has 0 bridgehead atoms. The molecule has 1 aliphatic rings. The van der Waals surface area contributed by atoms with Gasteiger partial charge in [0.2, 0.25) is 5.91 Å². The minimum absolute atomic E-state index is 0.0152. The summed E-state index contributed by atoms with van der Waals surface area (Å²) in [4.78, 5) is 24.4. The highest BCUT2D eigenvalue weighted by Crippen LogP contribution is 2.27. The Morgan fingerprint density at radius 3 is 2.76 bits per heavy atom. The summed E-state index contributed by atoms with van der Waals surface area (Å²) in [5.41, 5.74) is -0.520. The van der Waals surface area contributed by atoms with Crippen molar-refractivity contribution in [2.75, 3.05) is 5.32 Å². The predicted octanol–water partition coefficient (Wildman–Crippen LogP) is 3.49. The molecule has 25 heavy (non-hydrogen) atoms. The van der Waals surface area contributed by atoms with Crippen LogP contribution in [0.3, 0.4) is 0 Å². The van der Waals surface area contributed by atoms with Crippen LogP contribution in [0.25, 0.3) is 0 Å². The number of aromatic nitrogens is 2. The smallest absolute Gasteiger partial charge is 0.407 e. The molecule has 0 aromatic carbocycles. The Balaban J connectivity index is 1.86. The van der Waals surface area contributed by atoms with Gasteiger partial charge in [-0.15, -0.1) is 0 Å². The maximum absolute atomic E-state index is 12.5. The van der Waals surface area contributed by atoms with Crippen molar-refractivity contribution in [3.8, 4) is 0 Å². The number of anilines is 1. The third-order valence-corrected chi connectivity index (χ3v) is 4.45. The summed E-state index contributed by atoms with van der Waals surface area (Å²) >= 11 is 0. The molecule has 3 atom stereocenters. The Bertz CT molecular complexity index is 606. The molecule has 0 aliphatic heterocycles. The third-order valence-electron chi connectivity index (χ3n) is 4.45. The van der Waals surface area contributed by atoms with E-state index in [2.05, 4.69) is 29.6 Å². The van der Waals surface area contributed by atoms with Crippen LogP contribution in [0.1, 0.15) is 66.3 Å². The molecule has 7 heteroatoms. The van der Waals surface area contributed by atoms with Crippen LogP contribution in [0.2, 0.25) is 0 Å². The van der Waals surface area contributed by atoms with Gasteiger partial charge in [0, 0.05) is 18.0 Å². The van der Waals surface area contributed by atoms with Crippen molar-refractivity contribution in [1.29, 1.82) is 0 Å². The van der Waals surface area contributed by atoms with Crippen LogP contribution >= 0.6 is 0 Å². The summed E-state index contributed by atoms with van der Waals surface area (Å²) in [6, 6.07) is 2.02. The van der Waals surface area contributed by atoms with Crippen LogP contribution in [-0.4, -0.2) is 33.4 Å². The lowest BCUT2D eigenvalue weighted by Crippen LogP contribution is -2.38. The maximum Gasteiger partial charge on any atom is 0.407 e. The van der Waals surface area contributed by atoms with Crippen molar-refractivity contribution in [3.63, 3.8) is 0 Å². The number of ether oxygens (including phenoxy) is 1. The quantitative estimate of drug-likeness (QED) is 0.851. The molecule has 2 rings (SSSR count). The molecule has 0 unspecified atom stereocenters. The number of nitrogens with zero attached hydrogens (tertiary/aromatic N) is 2. The van der Waals surface area contributed by atoms with Gasteiger partial charge in [-0.3, -0.25) is 4.79 Å². The van der Waals surface area contributed by atoms with E-state index in [1.165, 1.54) is 0 Å². The second-order valence-corrected chi connectivity index (χ2v) is 7.76. The molecular weight excluding hydrogens is 320 g/mol. The average Bonchev–Trinajstić information content (AvgIpc) is 3.13. The summed E-state index contributed by atoms with van der Waals surface area (Å²) in [5, 5.41) is 10.1. The highest BCUT2D eigenvalue weighted by atomic mass is 16.6. The van der Waals surface area contributed by atoms with E-state index < -0.39 is 11.7 Å². The Morgan fingerprint density at radius 2 is 2.12 bits per heavy atom. The van der Waals surface area contributed by atoms with Crippen LogP contribution in [-0.2, 0) is 9.53 Å². The van der Waals surface area contributed by atoms with Crippen molar-refractivity contribution in [1.82, 2.24) is 15.1 Å². The van der Waals surface area contributed by atoms with E-state index in [4.69, 9.17) is 4.74 Å². The van der Waals surface area contributed by atoms with Gasteiger partial charge in [0.1, 0.15) is 11.4 Å². The van der Waals surface area contributed by atoms with E-state index >= 15 is 0 Å². The zero-order valence-corrected chi connectivity index (χ0v) is 15.8. The molecule has 1 saturated carbocycles. The molecule has 1 fully saturated rings. The van der Waals surface area contributed by atoms with E-state index in [1.54, 1.807) is 6.20 Å². The van der Waals surface area contributed by atoms with E-state index in [1.807, 2.05) is 31.5 Å². The fourth-order valence-corrected chi connectivity index (χ4v) is 2.99. The molecule has 0 radical (unpaired) electrons. The minimum Gasteiger partial charge on any atom is -0.444 e. The van der Waals surface area contributed by atoms with Crippen molar-refractivity contribution in [2.24, 2.45) is 5.92 Å². The summed E-state index contributed by atoms with van der Waals surface area (Å²) < 4.78 is 7.11. The number of hydrogen-bond acceptors (Lipinski definition) is 4. The van der Waals surface area contributed by atoms with Gasteiger partial charge in [0.25, 0.3) is 0 Å². The summed E-state index contributed by atoms with van der Waals surface area (Å²) in [7, 11) is 0.